The van der Waals surface area contributed by atoms with Gasteiger partial charge in [-0.2, -0.15) is 15.0 Å². The molecule has 0 amide bonds. The number of nitrogens with one attached hydrogen (secondary N) is 2. The minimum Gasteiger partial charge on any atom is -0.463 e. The van der Waals surface area contributed by atoms with Gasteiger partial charge >= 0.3 is 6.01 Å². The Balaban J connectivity index is 2.73. The van der Waals surface area contributed by atoms with Gasteiger partial charge in [-0.1, -0.05) is 20.8 Å². The average molecular weight is 296 g/mol. The second kappa shape index (κ2) is 7.97. The lowest BCUT2D eigenvalue weighted by Crippen LogP contribution is -2.34. The Bertz CT molecular complexity index is 435. The van der Waals surface area contributed by atoms with Crippen molar-refractivity contribution in [3.63, 3.8) is 0 Å². The van der Waals surface area contributed by atoms with E-state index in [1.807, 2.05) is 6.92 Å². The Morgan fingerprint density at radius 1 is 1.14 bits per heavy atom. The van der Waals surface area contributed by atoms with Crippen molar-refractivity contribution in [2.24, 2.45) is 5.41 Å². The van der Waals surface area contributed by atoms with Crippen molar-refractivity contribution in [1.82, 2.24) is 19.9 Å². The van der Waals surface area contributed by atoms with Crippen molar-refractivity contribution >= 4 is 11.9 Å². The number of anilines is 2. The van der Waals surface area contributed by atoms with Crippen LogP contribution in [0.15, 0.2) is 0 Å². The van der Waals surface area contributed by atoms with Gasteiger partial charge in [0.25, 0.3) is 0 Å². The topological polar surface area (TPSA) is 75.2 Å². The van der Waals surface area contributed by atoms with Crippen molar-refractivity contribution in [2.75, 3.05) is 51.5 Å². The molecule has 0 unspecified atom stereocenters. The van der Waals surface area contributed by atoms with Crippen LogP contribution in [0.2, 0.25) is 0 Å². The summed E-state index contributed by atoms with van der Waals surface area (Å²) in [5, 5.41) is 6.20. The van der Waals surface area contributed by atoms with Crippen molar-refractivity contribution in [3.05, 3.63) is 0 Å². The van der Waals surface area contributed by atoms with E-state index in [2.05, 4.69) is 58.4 Å². The Kier molecular flexibility index (Phi) is 6.61. The molecular formula is C14H28N6O. The molecule has 0 saturated carbocycles. The highest BCUT2D eigenvalue weighted by Crippen LogP contribution is 2.17. The van der Waals surface area contributed by atoms with Gasteiger partial charge in [-0.15, -0.1) is 0 Å². The Morgan fingerprint density at radius 3 is 2.38 bits per heavy atom. The number of aromatic nitrogens is 3. The molecule has 0 fully saturated rings. The molecule has 0 aromatic carbocycles. The summed E-state index contributed by atoms with van der Waals surface area (Å²) in [5.74, 6) is 1.04. The van der Waals surface area contributed by atoms with E-state index in [9.17, 15) is 0 Å². The fourth-order valence-corrected chi connectivity index (χ4v) is 2.04. The summed E-state index contributed by atoms with van der Waals surface area (Å²) in [6, 6.07) is 0.351. The molecule has 1 aromatic heterocycles. The first-order valence-corrected chi connectivity index (χ1v) is 7.31. The monoisotopic (exact) mass is 296 g/mol. The maximum absolute atomic E-state index is 5.48. The van der Waals surface area contributed by atoms with Crippen LogP contribution in [-0.4, -0.2) is 60.7 Å². The number of ether oxygens (including phenoxy) is 1. The van der Waals surface area contributed by atoms with E-state index in [-0.39, 0.29) is 5.41 Å². The highest BCUT2D eigenvalue weighted by atomic mass is 16.5. The smallest absolute Gasteiger partial charge is 0.323 e. The molecule has 0 bridgehead atoms. The predicted octanol–water partition coefficient (Wildman–Crippen LogP) is 1.70. The van der Waals surface area contributed by atoms with Gasteiger partial charge in [0, 0.05) is 20.1 Å². The highest BCUT2D eigenvalue weighted by Gasteiger charge is 2.19. The molecule has 2 N–H and O–H groups in total. The van der Waals surface area contributed by atoms with Crippen LogP contribution in [0.4, 0.5) is 11.9 Å². The van der Waals surface area contributed by atoms with E-state index >= 15 is 0 Å². The first-order chi connectivity index (χ1) is 9.86. The predicted molar refractivity (Wildman–Crippen MR) is 86.0 cm³/mol. The van der Waals surface area contributed by atoms with Crippen LogP contribution in [0.1, 0.15) is 27.2 Å². The molecule has 0 saturated heterocycles. The zero-order valence-corrected chi connectivity index (χ0v) is 14.0. The fourth-order valence-electron chi connectivity index (χ4n) is 2.04. The molecule has 0 aliphatic rings. The van der Waals surface area contributed by atoms with Crippen LogP contribution in [0.5, 0.6) is 6.01 Å². The van der Waals surface area contributed by atoms with E-state index in [0.29, 0.717) is 24.5 Å². The normalized spacial score (nSPS) is 11.6. The highest BCUT2D eigenvalue weighted by molar-refractivity contribution is 5.35. The van der Waals surface area contributed by atoms with Gasteiger partial charge in [0.1, 0.15) is 0 Å². The van der Waals surface area contributed by atoms with Gasteiger partial charge < -0.3 is 20.3 Å². The summed E-state index contributed by atoms with van der Waals surface area (Å²) in [6.07, 6.45) is 0.916. The lowest BCUT2D eigenvalue weighted by molar-refractivity contribution is 0.253. The third kappa shape index (κ3) is 6.57. The largest absolute Gasteiger partial charge is 0.463 e. The molecule has 0 atom stereocenters. The van der Waals surface area contributed by atoms with E-state index in [0.717, 1.165) is 19.5 Å². The van der Waals surface area contributed by atoms with E-state index in [1.165, 1.54) is 0 Å². The number of nitrogens with zero attached hydrogens (tertiary/aromatic N) is 4. The Morgan fingerprint density at radius 2 is 1.81 bits per heavy atom. The van der Waals surface area contributed by atoms with E-state index in [1.54, 1.807) is 7.05 Å². The summed E-state index contributed by atoms with van der Waals surface area (Å²) in [5.41, 5.74) is 0.111. The summed E-state index contributed by atoms with van der Waals surface area (Å²) in [7, 11) is 5.92. The molecule has 120 valence electrons. The molecule has 0 aliphatic heterocycles. The Labute approximate surface area is 127 Å². The maximum Gasteiger partial charge on any atom is 0.323 e. The van der Waals surface area contributed by atoms with Gasteiger partial charge in [-0.25, -0.2) is 0 Å². The van der Waals surface area contributed by atoms with Gasteiger partial charge in [0.15, 0.2) is 0 Å². The lowest BCUT2D eigenvalue weighted by atomic mass is 9.93. The molecule has 7 heteroatoms. The molecule has 21 heavy (non-hydrogen) atoms. The zero-order chi connectivity index (χ0) is 15.9. The first kappa shape index (κ1) is 17.4. The van der Waals surface area contributed by atoms with Gasteiger partial charge in [0.2, 0.25) is 11.9 Å². The van der Waals surface area contributed by atoms with E-state index in [4.69, 9.17) is 4.74 Å². The minimum absolute atomic E-state index is 0.111. The van der Waals surface area contributed by atoms with Crippen LogP contribution < -0.4 is 15.4 Å². The number of rotatable bonds is 9. The van der Waals surface area contributed by atoms with Crippen LogP contribution in [0.3, 0.4) is 0 Å². The summed E-state index contributed by atoms with van der Waals surface area (Å²) in [4.78, 5) is 14.9. The summed E-state index contributed by atoms with van der Waals surface area (Å²) >= 11 is 0. The molecule has 7 nitrogen and oxygen atoms in total. The van der Waals surface area contributed by atoms with Gasteiger partial charge in [0.05, 0.1) is 6.61 Å². The fraction of sp³-hybridized carbons (Fsp3) is 0.786. The molecule has 0 radical (unpaired) electrons. The molecule has 0 spiro atoms. The third-order valence-electron chi connectivity index (χ3n) is 2.74. The van der Waals surface area contributed by atoms with Gasteiger partial charge in [-0.3, -0.25) is 0 Å². The number of hydrogen-bond donors (Lipinski definition) is 2. The van der Waals surface area contributed by atoms with E-state index < -0.39 is 0 Å². The average Bonchev–Trinajstić information content (AvgIpc) is 2.41. The van der Waals surface area contributed by atoms with Crippen LogP contribution in [0.25, 0.3) is 0 Å². The number of hydrogen-bond acceptors (Lipinski definition) is 7. The molecule has 0 aliphatic carbocycles. The standard InChI is InChI=1S/C14H28N6O/c1-7-8-21-13-18-11(15-4)17-12(19-13)16-9-14(2,3)10-20(5)6/h7-10H2,1-6H3,(H2,15,16,17,18,19). The third-order valence-corrected chi connectivity index (χ3v) is 2.74. The van der Waals surface area contributed by atoms with Crippen molar-refractivity contribution in [3.8, 4) is 6.01 Å². The van der Waals surface area contributed by atoms with Crippen LogP contribution in [0, 0.1) is 5.41 Å². The van der Waals surface area contributed by atoms with Crippen LogP contribution >= 0.6 is 0 Å². The van der Waals surface area contributed by atoms with Crippen molar-refractivity contribution < 1.29 is 4.74 Å². The summed E-state index contributed by atoms with van der Waals surface area (Å²) < 4.78 is 5.48. The van der Waals surface area contributed by atoms with Crippen molar-refractivity contribution in [1.29, 1.82) is 0 Å². The summed E-state index contributed by atoms with van der Waals surface area (Å²) in [6.45, 7) is 8.79. The molecule has 1 heterocycles. The second-order valence-electron chi connectivity index (χ2n) is 6.12. The zero-order valence-electron chi connectivity index (χ0n) is 14.0. The molecular weight excluding hydrogens is 268 g/mol. The minimum atomic E-state index is 0.111. The molecule has 1 rings (SSSR count). The second-order valence-corrected chi connectivity index (χ2v) is 6.12. The molecule has 1 aromatic rings. The quantitative estimate of drug-likeness (QED) is 0.718. The Hall–Kier alpha value is -1.63. The maximum atomic E-state index is 5.48. The van der Waals surface area contributed by atoms with Gasteiger partial charge in [-0.05, 0) is 25.9 Å². The van der Waals surface area contributed by atoms with Crippen molar-refractivity contribution in [2.45, 2.75) is 27.2 Å². The lowest BCUT2D eigenvalue weighted by Gasteiger charge is -2.28. The SMILES string of the molecule is CCCOc1nc(NC)nc(NCC(C)(C)CN(C)C)n1. The van der Waals surface area contributed by atoms with Crippen LogP contribution in [-0.2, 0) is 0 Å². The first-order valence-electron chi connectivity index (χ1n) is 7.31.